The lowest BCUT2D eigenvalue weighted by molar-refractivity contribution is -0.0650. The maximum Gasteiger partial charge on any atom is 0.0658 e. The molecule has 0 saturated heterocycles. The fraction of sp³-hybridized carbons (Fsp3) is 0.818. The largest absolute Gasteiger partial charge is 0.390 e. The van der Waals surface area contributed by atoms with Crippen molar-refractivity contribution in [2.24, 2.45) is 0 Å². The Morgan fingerprint density at radius 1 is 1.50 bits per heavy atom. The first-order valence-electron chi connectivity index (χ1n) is 5.21. The predicted octanol–water partition coefficient (Wildman–Crippen LogP) is 1.81. The van der Waals surface area contributed by atoms with Gasteiger partial charge in [0.2, 0.25) is 0 Å². The molecular formula is C11H19NOS. The van der Waals surface area contributed by atoms with Crippen LogP contribution in [0, 0.1) is 0 Å². The monoisotopic (exact) mass is 213 g/mol. The van der Waals surface area contributed by atoms with Crippen molar-refractivity contribution in [2.45, 2.75) is 49.0 Å². The molecule has 0 atom stereocenters. The minimum atomic E-state index is -0.452. The van der Waals surface area contributed by atoms with Crippen LogP contribution in [0.1, 0.15) is 32.6 Å². The molecule has 0 amide bonds. The van der Waals surface area contributed by atoms with Crippen LogP contribution in [0.2, 0.25) is 0 Å². The molecule has 2 fully saturated rings. The van der Waals surface area contributed by atoms with Crippen molar-refractivity contribution in [2.75, 3.05) is 7.05 Å². The summed E-state index contributed by atoms with van der Waals surface area (Å²) in [6.45, 7) is 6.00. The van der Waals surface area contributed by atoms with E-state index in [0.717, 1.165) is 31.4 Å². The van der Waals surface area contributed by atoms with E-state index in [2.05, 4.69) is 31.2 Å². The maximum absolute atomic E-state index is 9.66. The van der Waals surface area contributed by atoms with Gasteiger partial charge in [0, 0.05) is 18.8 Å². The summed E-state index contributed by atoms with van der Waals surface area (Å²) < 4.78 is 0.0657. The third kappa shape index (κ3) is 1.68. The van der Waals surface area contributed by atoms with Crippen molar-refractivity contribution >= 4 is 12.6 Å². The molecule has 2 nitrogen and oxygen atoms in total. The minimum Gasteiger partial charge on any atom is -0.390 e. The Bertz CT molecular complexity index is 262. The molecule has 2 saturated carbocycles. The lowest BCUT2D eigenvalue weighted by Gasteiger charge is -2.47. The summed E-state index contributed by atoms with van der Waals surface area (Å²) in [5, 5.41) is 9.66. The molecule has 2 aliphatic carbocycles. The Labute approximate surface area is 91.4 Å². The molecule has 2 aliphatic rings. The summed E-state index contributed by atoms with van der Waals surface area (Å²) in [5.74, 6) is 0. The molecule has 0 aliphatic heterocycles. The highest BCUT2D eigenvalue weighted by atomic mass is 32.1. The SMILES string of the molecule is C=C(N(C)C1CC(C)(O)C1)C1(S)CC1. The van der Waals surface area contributed by atoms with Crippen molar-refractivity contribution in [3.05, 3.63) is 12.3 Å². The first-order valence-corrected chi connectivity index (χ1v) is 5.66. The smallest absolute Gasteiger partial charge is 0.0658 e. The summed E-state index contributed by atoms with van der Waals surface area (Å²) in [6, 6.07) is 0.460. The predicted molar refractivity (Wildman–Crippen MR) is 61.5 cm³/mol. The van der Waals surface area contributed by atoms with Crippen LogP contribution in [0.3, 0.4) is 0 Å². The molecule has 2 rings (SSSR count). The second kappa shape index (κ2) is 2.92. The van der Waals surface area contributed by atoms with Crippen molar-refractivity contribution in [3.8, 4) is 0 Å². The lowest BCUT2D eigenvalue weighted by Crippen LogP contribution is -2.52. The van der Waals surface area contributed by atoms with Gasteiger partial charge in [-0.25, -0.2) is 0 Å². The van der Waals surface area contributed by atoms with Crippen molar-refractivity contribution in [1.82, 2.24) is 4.90 Å². The van der Waals surface area contributed by atoms with E-state index < -0.39 is 5.60 Å². The van der Waals surface area contributed by atoms with Crippen molar-refractivity contribution in [1.29, 1.82) is 0 Å². The summed E-state index contributed by atoms with van der Waals surface area (Å²) >= 11 is 4.60. The lowest BCUT2D eigenvalue weighted by atomic mass is 9.76. The van der Waals surface area contributed by atoms with Crippen LogP contribution in [0.5, 0.6) is 0 Å². The Hall–Kier alpha value is -0.150. The molecule has 0 radical (unpaired) electrons. The van der Waals surface area contributed by atoms with Gasteiger partial charge in [-0.2, -0.15) is 12.6 Å². The quantitative estimate of drug-likeness (QED) is 0.699. The molecule has 14 heavy (non-hydrogen) atoms. The van der Waals surface area contributed by atoms with Crippen LogP contribution in [0.15, 0.2) is 12.3 Å². The number of aliphatic hydroxyl groups is 1. The maximum atomic E-state index is 9.66. The van der Waals surface area contributed by atoms with Crippen LogP contribution in [0.25, 0.3) is 0 Å². The second-order valence-corrected chi connectivity index (χ2v) is 6.00. The summed E-state index contributed by atoms with van der Waals surface area (Å²) in [5.41, 5.74) is 0.674. The summed E-state index contributed by atoms with van der Waals surface area (Å²) in [7, 11) is 2.07. The molecule has 0 spiro atoms. The highest BCUT2D eigenvalue weighted by Gasteiger charge is 2.47. The molecular weight excluding hydrogens is 194 g/mol. The van der Waals surface area contributed by atoms with Gasteiger partial charge < -0.3 is 10.0 Å². The van der Waals surface area contributed by atoms with E-state index in [4.69, 9.17) is 0 Å². The molecule has 0 unspecified atom stereocenters. The van der Waals surface area contributed by atoms with E-state index >= 15 is 0 Å². The topological polar surface area (TPSA) is 23.5 Å². The van der Waals surface area contributed by atoms with E-state index in [9.17, 15) is 5.11 Å². The standard InChI is InChI=1S/C11H19NOS/c1-8(11(14)4-5-11)12(3)9-6-10(2,13)7-9/h9,13-14H,1,4-7H2,2-3H3. The molecule has 0 heterocycles. The van der Waals surface area contributed by atoms with Gasteiger partial charge in [-0.15, -0.1) is 0 Å². The van der Waals surface area contributed by atoms with Gasteiger partial charge in [0.15, 0.2) is 0 Å². The van der Waals surface area contributed by atoms with E-state index in [1.807, 2.05) is 6.92 Å². The zero-order valence-corrected chi connectivity index (χ0v) is 9.85. The highest BCUT2D eigenvalue weighted by Crippen LogP contribution is 2.50. The van der Waals surface area contributed by atoms with Crippen LogP contribution >= 0.6 is 12.6 Å². The number of nitrogens with zero attached hydrogens (tertiary/aromatic N) is 1. The summed E-state index contributed by atoms with van der Waals surface area (Å²) in [6.07, 6.45) is 3.99. The van der Waals surface area contributed by atoms with Gasteiger partial charge in [0.1, 0.15) is 0 Å². The minimum absolute atomic E-state index is 0.0657. The molecule has 1 N–H and O–H groups in total. The molecule has 80 valence electrons. The summed E-state index contributed by atoms with van der Waals surface area (Å²) in [4.78, 5) is 2.21. The molecule has 0 aromatic heterocycles. The second-order valence-electron chi connectivity index (χ2n) is 5.15. The van der Waals surface area contributed by atoms with E-state index in [1.165, 1.54) is 0 Å². The normalized spacial score (nSPS) is 38.7. The van der Waals surface area contributed by atoms with E-state index in [1.54, 1.807) is 0 Å². The number of thiol groups is 1. The Kier molecular flexibility index (Phi) is 2.16. The van der Waals surface area contributed by atoms with Gasteiger partial charge >= 0.3 is 0 Å². The molecule has 0 bridgehead atoms. The number of rotatable bonds is 3. The Morgan fingerprint density at radius 2 is 2.00 bits per heavy atom. The molecule has 3 heteroatoms. The van der Waals surface area contributed by atoms with Gasteiger partial charge in [-0.05, 0) is 32.6 Å². The third-order valence-corrected chi connectivity index (χ3v) is 4.29. The van der Waals surface area contributed by atoms with Crippen LogP contribution in [-0.4, -0.2) is 33.4 Å². The number of hydrogen-bond donors (Lipinski definition) is 2. The van der Waals surface area contributed by atoms with Crippen molar-refractivity contribution in [3.63, 3.8) is 0 Å². The van der Waals surface area contributed by atoms with Crippen LogP contribution in [0.4, 0.5) is 0 Å². The van der Waals surface area contributed by atoms with Gasteiger partial charge in [-0.3, -0.25) is 0 Å². The highest BCUT2D eigenvalue weighted by molar-refractivity contribution is 7.82. The van der Waals surface area contributed by atoms with Gasteiger partial charge in [-0.1, -0.05) is 6.58 Å². The fourth-order valence-electron chi connectivity index (χ4n) is 2.18. The van der Waals surface area contributed by atoms with Crippen LogP contribution < -0.4 is 0 Å². The Morgan fingerprint density at radius 3 is 2.36 bits per heavy atom. The van der Waals surface area contributed by atoms with Crippen molar-refractivity contribution < 1.29 is 5.11 Å². The van der Waals surface area contributed by atoms with Gasteiger partial charge in [0.05, 0.1) is 10.3 Å². The Balaban J connectivity index is 1.91. The average Bonchev–Trinajstić information content (AvgIpc) is 2.78. The van der Waals surface area contributed by atoms with Gasteiger partial charge in [0.25, 0.3) is 0 Å². The third-order valence-electron chi connectivity index (χ3n) is 3.59. The first kappa shape index (κ1) is 10.4. The fourth-order valence-corrected chi connectivity index (χ4v) is 2.45. The number of hydrogen-bond acceptors (Lipinski definition) is 3. The van der Waals surface area contributed by atoms with E-state index in [0.29, 0.717) is 6.04 Å². The zero-order valence-electron chi connectivity index (χ0n) is 8.95. The van der Waals surface area contributed by atoms with E-state index in [-0.39, 0.29) is 4.75 Å². The zero-order chi connectivity index (χ0) is 10.6. The van der Waals surface area contributed by atoms with Crippen LogP contribution in [-0.2, 0) is 0 Å². The molecule has 0 aromatic rings. The first-order chi connectivity index (χ1) is 6.34. The molecule has 0 aromatic carbocycles. The average molecular weight is 213 g/mol.